The number of aryl methyl sites for hydroxylation is 2. The van der Waals surface area contributed by atoms with Crippen LogP contribution in [0.4, 0.5) is 5.69 Å². The molecule has 2 aromatic rings. The monoisotopic (exact) mass is 276 g/mol. The zero-order valence-corrected chi connectivity index (χ0v) is 12.5. The van der Waals surface area contributed by atoms with E-state index in [9.17, 15) is 0 Å². The Hall–Kier alpha value is -1.55. The number of nitrogens with one attached hydrogen (secondary N) is 1. The van der Waals surface area contributed by atoms with Crippen LogP contribution in [-0.4, -0.2) is 11.6 Å². The fourth-order valence-electron chi connectivity index (χ4n) is 1.86. The van der Waals surface area contributed by atoms with Crippen molar-refractivity contribution in [3.8, 4) is 5.75 Å². The Kier molecular flexibility index (Phi) is 4.80. The minimum atomic E-state index is 0.747. The van der Waals surface area contributed by atoms with Crippen molar-refractivity contribution in [3.63, 3.8) is 0 Å². The average molecular weight is 276 g/mol. The minimum absolute atomic E-state index is 0.747. The molecule has 1 N–H and O–H groups in total. The van der Waals surface area contributed by atoms with Crippen molar-refractivity contribution in [2.45, 2.75) is 33.7 Å². The Morgan fingerprint density at radius 3 is 2.74 bits per heavy atom. The van der Waals surface area contributed by atoms with Crippen molar-refractivity contribution < 1.29 is 4.74 Å². The van der Waals surface area contributed by atoms with E-state index >= 15 is 0 Å². The first-order chi connectivity index (χ1) is 9.20. The quantitative estimate of drug-likeness (QED) is 0.860. The van der Waals surface area contributed by atoms with Gasteiger partial charge < -0.3 is 10.1 Å². The van der Waals surface area contributed by atoms with Gasteiger partial charge in [-0.3, -0.25) is 0 Å². The molecule has 0 aliphatic carbocycles. The number of hydrogen-bond acceptors (Lipinski definition) is 4. The molecule has 0 saturated heterocycles. The Bertz CT molecular complexity index is 537. The van der Waals surface area contributed by atoms with E-state index in [1.54, 1.807) is 11.3 Å². The maximum Gasteiger partial charge on any atom is 0.142 e. The maximum absolute atomic E-state index is 5.74. The van der Waals surface area contributed by atoms with Gasteiger partial charge in [-0.15, -0.1) is 11.3 Å². The molecule has 3 nitrogen and oxygen atoms in total. The number of hydrogen-bond donors (Lipinski definition) is 1. The molecule has 1 aromatic heterocycles. The second-order valence-electron chi connectivity index (χ2n) is 4.44. The second-order valence-corrected chi connectivity index (χ2v) is 5.73. The van der Waals surface area contributed by atoms with Crippen molar-refractivity contribution in [3.05, 3.63) is 39.8 Å². The molecule has 19 heavy (non-hydrogen) atoms. The maximum atomic E-state index is 5.74. The molecule has 0 spiro atoms. The van der Waals surface area contributed by atoms with E-state index in [-0.39, 0.29) is 0 Å². The number of thiazole rings is 1. The van der Waals surface area contributed by atoms with Gasteiger partial charge in [0.2, 0.25) is 0 Å². The topological polar surface area (TPSA) is 34.1 Å². The van der Waals surface area contributed by atoms with Crippen molar-refractivity contribution in [1.29, 1.82) is 0 Å². The Morgan fingerprint density at radius 1 is 1.26 bits per heavy atom. The molecular formula is C15H20N2OS. The number of benzene rings is 1. The largest absolute Gasteiger partial charge is 0.491 e. The third-order valence-corrected chi connectivity index (χ3v) is 3.86. The van der Waals surface area contributed by atoms with E-state index in [0.717, 1.165) is 41.7 Å². The standard InChI is InChI=1S/C15H20N2OS/c1-4-9-18-14-8-6-5-7-13(14)16-10-15-11(2)17-12(3)19-15/h5-8,16H,4,9-10H2,1-3H3. The van der Waals surface area contributed by atoms with Gasteiger partial charge in [-0.2, -0.15) is 0 Å². The summed E-state index contributed by atoms with van der Waals surface area (Å²) in [7, 11) is 0. The number of anilines is 1. The summed E-state index contributed by atoms with van der Waals surface area (Å²) in [6.45, 7) is 7.75. The van der Waals surface area contributed by atoms with Crippen molar-refractivity contribution >= 4 is 17.0 Å². The van der Waals surface area contributed by atoms with Crippen LogP contribution >= 0.6 is 11.3 Å². The van der Waals surface area contributed by atoms with E-state index in [1.165, 1.54) is 4.88 Å². The summed E-state index contributed by atoms with van der Waals surface area (Å²) in [6.07, 6.45) is 1.02. The van der Waals surface area contributed by atoms with Crippen LogP contribution in [-0.2, 0) is 6.54 Å². The number of aromatic nitrogens is 1. The van der Waals surface area contributed by atoms with Crippen LogP contribution in [0.25, 0.3) is 0 Å². The van der Waals surface area contributed by atoms with Gasteiger partial charge in [-0.25, -0.2) is 4.98 Å². The van der Waals surface area contributed by atoms with Crippen LogP contribution in [0.3, 0.4) is 0 Å². The van der Waals surface area contributed by atoms with Crippen LogP contribution in [0.5, 0.6) is 5.75 Å². The van der Waals surface area contributed by atoms with Gasteiger partial charge >= 0.3 is 0 Å². The van der Waals surface area contributed by atoms with Crippen LogP contribution in [0.2, 0.25) is 0 Å². The van der Waals surface area contributed by atoms with Gasteiger partial charge in [0.15, 0.2) is 0 Å². The number of ether oxygens (including phenoxy) is 1. The molecule has 0 bridgehead atoms. The molecule has 2 rings (SSSR count). The van der Waals surface area contributed by atoms with Crippen molar-refractivity contribution in [2.75, 3.05) is 11.9 Å². The summed E-state index contributed by atoms with van der Waals surface area (Å²) < 4.78 is 5.74. The van der Waals surface area contributed by atoms with E-state index in [0.29, 0.717) is 0 Å². The highest BCUT2D eigenvalue weighted by molar-refractivity contribution is 7.11. The first kappa shape index (κ1) is 13.9. The molecule has 0 aliphatic heterocycles. The van der Waals surface area contributed by atoms with Crippen molar-refractivity contribution in [1.82, 2.24) is 4.98 Å². The lowest BCUT2D eigenvalue weighted by Gasteiger charge is -2.12. The SMILES string of the molecule is CCCOc1ccccc1NCc1sc(C)nc1C. The Labute approximate surface area is 118 Å². The number of nitrogens with zero attached hydrogens (tertiary/aromatic N) is 1. The molecule has 4 heteroatoms. The first-order valence-electron chi connectivity index (χ1n) is 6.59. The van der Waals surface area contributed by atoms with Crippen LogP contribution < -0.4 is 10.1 Å². The van der Waals surface area contributed by atoms with Crippen molar-refractivity contribution in [2.24, 2.45) is 0 Å². The molecule has 0 atom stereocenters. The third-order valence-electron chi connectivity index (χ3n) is 2.79. The predicted octanol–water partition coefficient (Wildman–Crippen LogP) is 4.16. The molecule has 0 amide bonds. The zero-order chi connectivity index (χ0) is 13.7. The average Bonchev–Trinajstić information content (AvgIpc) is 2.73. The summed E-state index contributed by atoms with van der Waals surface area (Å²) in [5.41, 5.74) is 2.16. The summed E-state index contributed by atoms with van der Waals surface area (Å²) in [6, 6.07) is 8.07. The van der Waals surface area contributed by atoms with Gasteiger partial charge in [-0.05, 0) is 32.4 Å². The normalized spacial score (nSPS) is 10.5. The lowest BCUT2D eigenvalue weighted by molar-refractivity contribution is 0.319. The van der Waals surface area contributed by atoms with Crippen LogP contribution in [0.15, 0.2) is 24.3 Å². The molecular weight excluding hydrogens is 256 g/mol. The highest BCUT2D eigenvalue weighted by Crippen LogP contribution is 2.26. The minimum Gasteiger partial charge on any atom is -0.491 e. The molecule has 0 fully saturated rings. The molecule has 0 unspecified atom stereocenters. The summed E-state index contributed by atoms with van der Waals surface area (Å²) >= 11 is 1.74. The van der Waals surface area contributed by atoms with Crippen LogP contribution in [0, 0.1) is 13.8 Å². The molecule has 0 aliphatic rings. The molecule has 0 radical (unpaired) electrons. The predicted molar refractivity (Wildman–Crippen MR) is 81.1 cm³/mol. The Morgan fingerprint density at radius 2 is 2.05 bits per heavy atom. The van der Waals surface area contributed by atoms with Crippen LogP contribution in [0.1, 0.15) is 28.9 Å². The Balaban J connectivity index is 2.04. The van der Waals surface area contributed by atoms with E-state index in [4.69, 9.17) is 4.74 Å². The fourth-order valence-corrected chi connectivity index (χ4v) is 2.74. The third kappa shape index (κ3) is 3.70. The molecule has 0 saturated carbocycles. The van der Waals surface area contributed by atoms with E-state index in [2.05, 4.69) is 24.1 Å². The lowest BCUT2D eigenvalue weighted by Crippen LogP contribution is -2.03. The number of rotatable bonds is 6. The molecule has 1 aromatic carbocycles. The molecule has 102 valence electrons. The summed E-state index contributed by atoms with van der Waals surface area (Å²) in [5, 5.41) is 4.55. The second kappa shape index (κ2) is 6.57. The zero-order valence-electron chi connectivity index (χ0n) is 11.7. The number of para-hydroxylation sites is 2. The smallest absolute Gasteiger partial charge is 0.142 e. The molecule has 1 heterocycles. The fraction of sp³-hybridized carbons (Fsp3) is 0.400. The first-order valence-corrected chi connectivity index (χ1v) is 7.41. The highest BCUT2D eigenvalue weighted by Gasteiger charge is 2.06. The highest BCUT2D eigenvalue weighted by atomic mass is 32.1. The summed E-state index contributed by atoms with van der Waals surface area (Å²) in [4.78, 5) is 5.72. The van der Waals surface area contributed by atoms with Gasteiger partial charge in [0.05, 0.1) is 29.5 Å². The van der Waals surface area contributed by atoms with Gasteiger partial charge in [0.1, 0.15) is 5.75 Å². The summed E-state index contributed by atoms with van der Waals surface area (Å²) in [5.74, 6) is 0.920. The van der Waals surface area contributed by atoms with E-state index < -0.39 is 0 Å². The lowest BCUT2D eigenvalue weighted by atomic mass is 10.3. The van der Waals surface area contributed by atoms with Gasteiger partial charge in [0, 0.05) is 4.88 Å². The van der Waals surface area contributed by atoms with Gasteiger partial charge in [0.25, 0.3) is 0 Å². The van der Waals surface area contributed by atoms with Gasteiger partial charge in [-0.1, -0.05) is 19.1 Å². The van der Waals surface area contributed by atoms with E-state index in [1.807, 2.05) is 31.2 Å².